The molecule has 0 aromatic rings. The Kier molecular flexibility index (Phi) is 7.99. The van der Waals surface area contributed by atoms with E-state index in [9.17, 15) is 14.4 Å². The van der Waals surface area contributed by atoms with Crippen molar-refractivity contribution in [1.29, 1.82) is 0 Å². The predicted octanol–water partition coefficient (Wildman–Crippen LogP) is 0.610. The number of nitrogens with one attached hydrogen (secondary N) is 1. The van der Waals surface area contributed by atoms with E-state index in [0.717, 1.165) is 0 Å². The Morgan fingerprint density at radius 3 is 2.58 bits per heavy atom. The first kappa shape index (κ1) is 16.9. The average Bonchev–Trinajstić information content (AvgIpc) is 2.35. The van der Waals surface area contributed by atoms with Crippen molar-refractivity contribution in [2.75, 3.05) is 20.2 Å². The topological polar surface area (TPSA) is 95.9 Å². The van der Waals surface area contributed by atoms with Gasteiger partial charge in [-0.05, 0) is 13.3 Å². The van der Waals surface area contributed by atoms with Crippen LogP contribution in [0, 0.1) is 0 Å². The van der Waals surface area contributed by atoms with E-state index in [1.165, 1.54) is 18.0 Å². The highest BCUT2D eigenvalue weighted by Crippen LogP contribution is 1.97. The van der Waals surface area contributed by atoms with E-state index >= 15 is 0 Å². The molecule has 0 spiro atoms. The summed E-state index contributed by atoms with van der Waals surface area (Å²) in [5, 5.41) is 11.2. The number of carbonyl (C=O) groups excluding carboxylic acids is 2. The summed E-state index contributed by atoms with van der Waals surface area (Å²) in [6, 6.07) is -1.58. The van der Waals surface area contributed by atoms with Crippen molar-refractivity contribution < 1.29 is 24.2 Å². The number of aliphatic carboxylic acids is 1. The number of hydrogen-bond donors (Lipinski definition) is 2. The highest BCUT2D eigenvalue weighted by Gasteiger charge is 2.20. The van der Waals surface area contributed by atoms with Gasteiger partial charge in [0.25, 0.3) is 0 Å². The quantitative estimate of drug-likeness (QED) is 0.498. The number of carboxylic acids is 1. The zero-order valence-corrected chi connectivity index (χ0v) is 11.2. The van der Waals surface area contributed by atoms with Gasteiger partial charge in [0.1, 0.15) is 6.04 Å². The maximum atomic E-state index is 11.7. The minimum atomic E-state index is -1.13. The van der Waals surface area contributed by atoms with Crippen LogP contribution < -0.4 is 5.32 Å². The predicted molar refractivity (Wildman–Crippen MR) is 68.6 cm³/mol. The molecule has 0 aliphatic heterocycles. The summed E-state index contributed by atoms with van der Waals surface area (Å²) in [7, 11) is 1.47. The number of ether oxygens (including phenoxy) is 1. The molecule has 0 bridgehead atoms. The van der Waals surface area contributed by atoms with Crippen molar-refractivity contribution in [3.05, 3.63) is 12.7 Å². The van der Waals surface area contributed by atoms with Gasteiger partial charge >= 0.3 is 18.0 Å². The Hall–Kier alpha value is -2.05. The van der Waals surface area contributed by atoms with Crippen molar-refractivity contribution in [2.24, 2.45) is 0 Å². The van der Waals surface area contributed by atoms with E-state index < -0.39 is 24.0 Å². The van der Waals surface area contributed by atoms with Crippen LogP contribution in [0.2, 0.25) is 0 Å². The normalized spacial score (nSPS) is 11.3. The maximum Gasteiger partial charge on any atom is 0.326 e. The van der Waals surface area contributed by atoms with Crippen LogP contribution in [0.25, 0.3) is 0 Å². The van der Waals surface area contributed by atoms with Crippen LogP contribution in [0.15, 0.2) is 12.7 Å². The number of carbonyl (C=O) groups is 3. The van der Waals surface area contributed by atoms with Crippen molar-refractivity contribution in [3.8, 4) is 0 Å². The van der Waals surface area contributed by atoms with Crippen LogP contribution in [-0.4, -0.2) is 54.2 Å². The monoisotopic (exact) mass is 272 g/mol. The second-order valence-corrected chi connectivity index (χ2v) is 3.84. The lowest BCUT2D eigenvalue weighted by atomic mass is 10.2. The molecule has 1 unspecified atom stereocenters. The molecular formula is C12H20N2O5. The molecule has 0 aromatic heterocycles. The largest absolute Gasteiger partial charge is 0.480 e. The summed E-state index contributed by atoms with van der Waals surface area (Å²) in [5.74, 6) is -1.53. The van der Waals surface area contributed by atoms with Gasteiger partial charge in [0.2, 0.25) is 0 Å². The smallest absolute Gasteiger partial charge is 0.326 e. The molecule has 7 heteroatoms. The molecule has 0 saturated heterocycles. The molecule has 19 heavy (non-hydrogen) atoms. The van der Waals surface area contributed by atoms with Gasteiger partial charge in [-0.2, -0.15) is 0 Å². The number of rotatable bonds is 8. The summed E-state index contributed by atoms with van der Waals surface area (Å²) in [6.07, 6.45) is 1.61. The van der Waals surface area contributed by atoms with Crippen LogP contribution >= 0.6 is 0 Å². The molecule has 0 heterocycles. The minimum absolute atomic E-state index is 0.0664. The molecule has 0 aliphatic carbocycles. The van der Waals surface area contributed by atoms with Crippen molar-refractivity contribution in [2.45, 2.75) is 25.8 Å². The van der Waals surface area contributed by atoms with Crippen LogP contribution in [0.4, 0.5) is 4.79 Å². The fourth-order valence-electron chi connectivity index (χ4n) is 1.24. The third-order valence-corrected chi connectivity index (χ3v) is 2.30. The number of nitrogens with zero attached hydrogens (tertiary/aromatic N) is 1. The van der Waals surface area contributed by atoms with E-state index in [0.29, 0.717) is 0 Å². The maximum absolute atomic E-state index is 11.7. The summed E-state index contributed by atoms with van der Waals surface area (Å²) in [4.78, 5) is 34.9. The van der Waals surface area contributed by atoms with Gasteiger partial charge < -0.3 is 20.1 Å². The first-order chi connectivity index (χ1) is 8.92. The molecule has 2 N–H and O–H groups in total. The third-order valence-electron chi connectivity index (χ3n) is 2.30. The molecule has 7 nitrogen and oxygen atoms in total. The molecule has 2 amide bonds. The van der Waals surface area contributed by atoms with Gasteiger partial charge in [0, 0.05) is 13.6 Å². The van der Waals surface area contributed by atoms with Gasteiger partial charge in [-0.25, -0.2) is 9.59 Å². The van der Waals surface area contributed by atoms with Crippen molar-refractivity contribution >= 4 is 18.0 Å². The Balaban J connectivity index is 4.21. The highest BCUT2D eigenvalue weighted by atomic mass is 16.5. The Morgan fingerprint density at radius 1 is 1.47 bits per heavy atom. The average molecular weight is 272 g/mol. The van der Waals surface area contributed by atoms with Crippen LogP contribution in [0.5, 0.6) is 0 Å². The van der Waals surface area contributed by atoms with E-state index in [1.54, 1.807) is 6.92 Å². The van der Waals surface area contributed by atoms with E-state index in [4.69, 9.17) is 9.84 Å². The minimum Gasteiger partial charge on any atom is -0.480 e. The number of urea groups is 1. The summed E-state index contributed by atoms with van der Waals surface area (Å²) >= 11 is 0. The second-order valence-electron chi connectivity index (χ2n) is 3.84. The van der Waals surface area contributed by atoms with Gasteiger partial charge in [-0.3, -0.25) is 4.79 Å². The molecule has 1 atom stereocenters. The molecule has 0 aromatic carbocycles. The van der Waals surface area contributed by atoms with Gasteiger partial charge in [-0.15, -0.1) is 6.58 Å². The Morgan fingerprint density at radius 2 is 2.11 bits per heavy atom. The highest BCUT2D eigenvalue weighted by molar-refractivity contribution is 5.82. The molecule has 0 saturated carbocycles. The molecule has 108 valence electrons. The molecule has 0 aliphatic rings. The van der Waals surface area contributed by atoms with E-state index in [-0.39, 0.29) is 26.0 Å². The zero-order chi connectivity index (χ0) is 14.8. The fourth-order valence-corrected chi connectivity index (χ4v) is 1.24. The SMILES string of the molecule is C=CCC(NC(=O)N(C)CCC(=O)OCC)C(=O)O. The third kappa shape index (κ3) is 7.07. The van der Waals surface area contributed by atoms with Gasteiger partial charge in [-0.1, -0.05) is 6.08 Å². The summed E-state index contributed by atoms with van der Waals surface area (Å²) < 4.78 is 4.73. The van der Waals surface area contributed by atoms with Crippen LogP contribution in [0.1, 0.15) is 19.8 Å². The number of amides is 2. The lowest BCUT2D eigenvalue weighted by Crippen LogP contribution is -2.46. The number of carboxylic acid groups (broad SMARTS) is 1. The molecule has 0 rings (SSSR count). The second kappa shape index (κ2) is 8.96. The fraction of sp³-hybridized carbons (Fsp3) is 0.583. The lowest BCUT2D eigenvalue weighted by molar-refractivity contribution is -0.143. The lowest BCUT2D eigenvalue weighted by Gasteiger charge is -2.20. The molecule has 0 fully saturated rings. The zero-order valence-electron chi connectivity index (χ0n) is 11.2. The summed E-state index contributed by atoms with van der Waals surface area (Å²) in [6.45, 7) is 5.57. The standard InChI is InChI=1S/C12H20N2O5/c1-4-6-9(11(16)17)13-12(18)14(3)8-7-10(15)19-5-2/h4,9H,1,5-8H2,2-3H3,(H,13,18)(H,16,17). The van der Waals surface area contributed by atoms with Gasteiger partial charge in [0.05, 0.1) is 13.0 Å². The number of hydrogen-bond acceptors (Lipinski definition) is 4. The van der Waals surface area contributed by atoms with Gasteiger partial charge in [0.15, 0.2) is 0 Å². The van der Waals surface area contributed by atoms with E-state index in [2.05, 4.69) is 11.9 Å². The Labute approximate surface area is 112 Å². The molecular weight excluding hydrogens is 252 g/mol. The number of esters is 1. The van der Waals surface area contributed by atoms with E-state index in [1.807, 2.05) is 0 Å². The van der Waals surface area contributed by atoms with Crippen molar-refractivity contribution in [3.63, 3.8) is 0 Å². The Bertz CT molecular complexity index is 343. The van der Waals surface area contributed by atoms with Crippen LogP contribution in [0.3, 0.4) is 0 Å². The van der Waals surface area contributed by atoms with Crippen molar-refractivity contribution in [1.82, 2.24) is 10.2 Å². The first-order valence-electron chi connectivity index (χ1n) is 5.93. The molecule has 0 radical (unpaired) electrons. The summed E-state index contributed by atoms with van der Waals surface area (Å²) in [5.41, 5.74) is 0. The first-order valence-corrected chi connectivity index (χ1v) is 5.93. The van der Waals surface area contributed by atoms with Crippen LogP contribution in [-0.2, 0) is 14.3 Å².